The van der Waals surface area contributed by atoms with Gasteiger partial charge in [0.25, 0.3) is 5.56 Å². The maximum Gasteiger partial charge on any atom is 0.262 e. The van der Waals surface area contributed by atoms with Gasteiger partial charge in [-0.05, 0) is 49.3 Å². The summed E-state index contributed by atoms with van der Waals surface area (Å²) in [7, 11) is 0. The van der Waals surface area contributed by atoms with E-state index in [4.69, 9.17) is 12.2 Å². The number of hydrogen-bond acceptors (Lipinski definition) is 4. The molecule has 0 saturated carbocycles. The molecule has 0 spiro atoms. The number of anilines is 1. The molecule has 1 aliphatic heterocycles. The zero-order valence-electron chi connectivity index (χ0n) is 17.9. The Labute approximate surface area is 191 Å². The van der Waals surface area contributed by atoms with E-state index in [1.807, 2.05) is 34.1 Å². The zero-order valence-corrected chi connectivity index (χ0v) is 18.7. The molecule has 8 heteroatoms. The van der Waals surface area contributed by atoms with Crippen LogP contribution in [0, 0.1) is 10.6 Å². The summed E-state index contributed by atoms with van der Waals surface area (Å²) in [6.45, 7) is 3.02. The van der Waals surface area contributed by atoms with Gasteiger partial charge in [-0.3, -0.25) is 14.2 Å². The van der Waals surface area contributed by atoms with Gasteiger partial charge in [-0.1, -0.05) is 30.7 Å². The Kier molecular flexibility index (Phi) is 6.99. The van der Waals surface area contributed by atoms with E-state index in [1.165, 1.54) is 6.07 Å². The van der Waals surface area contributed by atoms with Gasteiger partial charge in [0.15, 0.2) is 4.77 Å². The number of piperazine rings is 1. The van der Waals surface area contributed by atoms with Gasteiger partial charge in [-0.2, -0.15) is 0 Å². The first-order valence-electron chi connectivity index (χ1n) is 11.0. The lowest BCUT2D eigenvalue weighted by atomic mass is 10.1. The van der Waals surface area contributed by atoms with Crippen LogP contribution in [0.4, 0.5) is 10.1 Å². The molecule has 3 aromatic rings. The topological polar surface area (TPSA) is 61.3 Å². The lowest BCUT2D eigenvalue weighted by Crippen LogP contribution is -2.49. The number of carbonyl (C=O) groups is 1. The molecule has 1 aliphatic rings. The van der Waals surface area contributed by atoms with Gasteiger partial charge >= 0.3 is 0 Å². The van der Waals surface area contributed by atoms with E-state index in [0.29, 0.717) is 55.0 Å². The van der Waals surface area contributed by atoms with Crippen LogP contribution in [0.15, 0.2) is 53.3 Å². The van der Waals surface area contributed by atoms with E-state index >= 15 is 0 Å². The number of benzene rings is 2. The van der Waals surface area contributed by atoms with E-state index in [1.54, 1.807) is 22.8 Å². The van der Waals surface area contributed by atoms with Crippen LogP contribution in [0.3, 0.4) is 0 Å². The molecular formula is C24H27FN4O2S. The molecule has 168 valence electrons. The fraction of sp³-hybridized carbons (Fsp3) is 0.375. The summed E-state index contributed by atoms with van der Waals surface area (Å²) in [4.78, 5) is 32.2. The van der Waals surface area contributed by atoms with Crippen LogP contribution in [-0.4, -0.2) is 46.5 Å². The highest BCUT2D eigenvalue weighted by Crippen LogP contribution is 2.20. The molecule has 0 aliphatic carbocycles. The number of aromatic amines is 1. The summed E-state index contributed by atoms with van der Waals surface area (Å²) < 4.78 is 16.0. The van der Waals surface area contributed by atoms with Crippen molar-refractivity contribution in [3.8, 4) is 0 Å². The second-order valence-electron chi connectivity index (χ2n) is 8.06. The van der Waals surface area contributed by atoms with Crippen molar-refractivity contribution >= 4 is 34.7 Å². The van der Waals surface area contributed by atoms with Crippen molar-refractivity contribution in [2.45, 2.75) is 32.2 Å². The van der Waals surface area contributed by atoms with Gasteiger partial charge in [0.05, 0.1) is 16.6 Å². The molecule has 2 heterocycles. The van der Waals surface area contributed by atoms with Crippen LogP contribution in [0.25, 0.3) is 10.9 Å². The van der Waals surface area contributed by atoms with E-state index in [0.717, 1.165) is 24.8 Å². The van der Waals surface area contributed by atoms with Crippen LogP contribution in [0.5, 0.6) is 0 Å². The second kappa shape index (κ2) is 10.1. The summed E-state index contributed by atoms with van der Waals surface area (Å²) in [5.74, 6) is -0.0871. The fourth-order valence-corrected chi connectivity index (χ4v) is 4.47. The molecule has 6 nitrogen and oxygen atoms in total. The van der Waals surface area contributed by atoms with Gasteiger partial charge in [-0.15, -0.1) is 0 Å². The first kappa shape index (κ1) is 22.2. The zero-order chi connectivity index (χ0) is 22.5. The molecule has 32 heavy (non-hydrogen) atoms. The Morgan fingerprint density at radius 1 is 0.969 bits per heavy atom. The lowest BCUT2D eigenvalue weighted by molar-refractivity contribution is -0.131. The first-order valence-corrected chi connectivity index (χ1v) is 11.4. The Hall–Kier alpha value is -3.00. The smallest absolute Gasteiger partial charge is 0.262 e. The summed E-state index contributed by atoms with van der Waals surface area (Å²) >= 11 is 5.34. The number of halogens is 1. The predicted octanol–water partition coefficient (Wildman–Crippen LogP) is 4.11. The molecule has 0 unspecified atom stereocenters. The fourth-order valence-electron chi connectivity index (χ4n) is 4.19. The van der Waals surface area contributed by atoms with Crippen molar-refractivity contribution < 1.29 is 9.18 Å². The highest BCUT2D eigenvalue weighted by atomic mass is 32.1. The van der Waals surface area contributed by atoms with Crippen molar-refractivity contribution in [2.75, 3.05) is 31.1 Å². The molecule has 1 fully saturated rings. The quantitative estimate of drug-likeness (QED) is 0.431. The third-order valence-corrected chi connectivity index (χ3v) is 6.31. The standard InChI is InChI=1S/C24H27FN4O2S/c25-19-9-4-6-11-21(19)27-14-16-28(17-15-27)22(30)12-2-1-7-13-29-23(31)18-8-3-5-10-20(18)26-24(29)32/h3-6,8-11H,1-2,7,12-17H2,(H,26,32). The number of nitrogens with zero attached hydrogens (tertiary/aromatic N) is 3. The van der Waals surface area contributed by atoms with Crippen LogP contribution in [-0.2, 0) is 11.3 Å². The third kappa shape index (κ3) is 4.91. The second-order valence-corrected chi connectivity index (χ2v) is 8.45. The van der Waals surface area contributed by atoms with Crippen molar-refractivity contribution in [3.63, 3.8) is 0 Å². The average molecular weight is 455 g/mol. The average Bonchev–Trinajstić information content (AvgIpc) is 2.81. The predicted molar refractivity (Wildman–Crippen MR) is 127 cm³/mol. The number of nitrogens with one attached hydrogen (secondary N) is 1. The van der Waals surface area contributed by atoms with E-state index in [2.05, 4.69) is 4.98 Å². The lowest BCUT2D eigenvalue weighted by Gasteiger charge is -2.36. The molecular weight excluding hydrogens is 427 g/mol. The maximum atomic E-state index is 14.0. The number of hydrogen-bond donors (Lipinski definition) is 1. The number of carbonyl (C=O) groups excluding carboxylic acids is 1. The Morgan fingerprint density at radius 3 is 2.47 bits per heavy atom. The number of rotatable bonds is 7. The highest BCUT2D eigenvalue weighted by Gasteiger charge is 2.22. The molecule has 0 bridgehead atoms. The molecule has 4 rings (SSSR count). The van der Waals surface area contributed by atoms with Gasteiger partial charge in [0.2, 0.25) is 5.91 Å². The highest BCUT2D eigenvalue weighted by molar-refractivity contribution is 7.71. The van der Waals surface area contributed by atoms with Gasteiger partial charge in [0, 0.05) is 39.1 Å². The molecule has 1 N–H and O–H groups in total. The van der Waals surface area contributed by atoms with E-state index in [9.17, 15) is 14.0 Å². The summed E-state index contributed by atoms with van der Waals surface area (Å²) in [5, 5.41) is 0.630. The van der Waals surface area contributed by atoms with Crippen molar-refractivity contribution in [3.05, 3.63) is 69.5 Å². The summed E-state index contributed by atoms with van der Waals surface area (Å²) in [6, 6.07) is 14.1. The van der Waals surface area contributed by atoms with Crippen molar-refractivity contribution in [2.24, 2.45) is 0 Å². The number of amides is 1. The minimum Gasteiger partial charge on any atom is -0.366 e. The summed E-state index contributed by atoms with van der Waals surface area (Å²) in [6.07, 6.45) is 2.88. The Bertz CT molecular complexity index is 1210. The number of aromatic nitrogens is 2. The molecule has 0 atom stereocenters. The van der Waals surface area contributed by atoms with E-state index < -0.39 is 0 Å². The normalized spacial score (nSPS) is 14.2. The number of para-hydroxylation sites is 2. The van der Waals surface area contributed by atoms with Crippen LogP contribution in [0.2, 0.25) is 0 Å². The SMILES string of the molecule is O=C(CCCCCn1c(=S)[nH]c2ccccc2c1=O)N1CCN(c2ccccc2F)CC1. The molecule has 0 radical (unpaired) electrons. The van der Waals surface area contributed by atoms with Crippen LogP contribution < -0.4 is 10.5 Å². The number of H-pyrrole nitrogens is 1. The summed E-state index contributed by atoms with van der Waals surface area (Å²) in [5.41, 5.74) is 1.27. The monoisotopic (exact) mass is 454 g/mol. The molecule has 1 saturated heterocycles. The minimum absolute atomic E-state index is 0.0758. The Morgan fingerprint density at radius 2 is 1.69 bits per heavy atom. The van der Waals surface area contributed by atoms with Gasteiger partial charge < -0.3 is 14.8 Å². The molecule has 1 aromatic heterocycles. The van der Waals surface area contributed by atoms with Gasteiger partial charge in [0.1, 0.15) is 5.82 Å². The first-order chi connectivity index (χ1) is 15.5. The Balaban J connectivity index is 1.22. The van der Waals surface area contributed by atoms with E-state index in [-0.39, 0.29) is 17.3 Å². The largest absolute Gasteiger partial charge is 0.366 e. The number of fused-ring (bicyclic) bond motifs is 1. The van der Waals surface area contributed by atoms with Gasteiger partial charge in [-0.25, -0.2) is 4.39 Å². The van der Waals surface area contributed by atoms with Crippen molar-refractivity contribution in [1.29, 1.82) is 0 Å². The maximum absolute atomic E-state index is 14.0. The molecule has 1 amide bonds. The van der Waals surface area contributed by atoms with Crippen molar-refractivity contribution in [1.82, 2.24) is 14.5 Å². The van der Waals surface area contributed by atoms with Crippen LogP contribution in [0.1, 0.15) is 25.7 Å². The third-order valence-electron chi connectivity index (χ3n) is 5.99. The minimum atomic E-state index is -0.224. The molecule has 2 aromatic carbocycles. The number of unbranched alkanes of at least 4 members (excludes halogenated alkanes) is 2. The van der Waals surface area contributed by atoms with Crippen LogP contribution >= 0.6 is 12.2 Å².